The molecule has 2 aromatic rings. The normalized spacial score (nSPS) is 14.8. The number of terminal acetylenes is 1. The van der Waals surface area contributed by atoms with E-state index in [9.17, 15) is 0 Å². The SMILES string of the molecule is C#CCCn1ccc2cccc(CNC3CC3)c21. The summed E-state index contributed by atoms with van der Waals surface area (Å²) in [5.74, 6) is 2.71. The van der Waals surface area contributed by atoms with E-state index in [0.717, 1.165) is 25.6 Å². The summed E-state index contributed by atoms with van der Waals surface area (Å²) in [7, 11) is 0. The van der Waals surface area contributed by atoms with Gasteiger partial charge in [-0.2, -0.15) is 0 Å². The fourth-order valence-corrected chi connectivity index (χ4v) is 2.40. The van der Waals surface area contributed by atoms with Crippen molar-refractivity contribution in [3.63, 3.8) is 0 Å². The van der Waals surface area contributed by atoms with E-state index in [4.69, 9.17) is 6.42 Å². The number of rotatable bonds is 5. The van der Waals surface area contributed by atoms with Crippen LogP contribution in [0, 0.1) is 12.3 Å². The molecule has 18 heavy (non-hydrogen) atoms. The molecule has 0 unspecified atom stereocenters. The summed E-state index contributed by atoms with van der Waals surface area (Å²) >= 11 is 0. The van der Waals surface area contributed by atoms with Gasteiger partial charge in [0.05, 0.1) is 5.52 Å². The highest BCUT2D eigenvalue weighted by Gasteiger charge is 2.20. The summed E-state index contributed by atoms with van der Waals surface area (Å²) in [5.41, 5.74) is 2.71. The molecule has 0 aliphatic heterocycles. The van der Waals surface area contributed by atoms with E-state index in [1.807, 2.05) is 0 Å². The first-order valence-electron chi connectivity index (χ1n) is 6.62. The molecule has 1 aliphatic rings. The Kier molecular flexibility index (Phi) is 3.08. The number of aryl methyl sites for hydroxylation is 1. The number of nitrogens with one attached hydrogen (secondary N) is 1. The third-order valence-electron chi connectivity index (χ3n) is 3.53. The quantitative estimate of drug-likeness (QED) is 0.793. The first-order chi connectivity index (χ1) is 8.88. The molecule has 1 aromatic heterocycles. The Hall–Kier alpha value is -1.72. The van der Waals surface area contributed by atoms with Gasteiger partial charge in [-0.3, -0.25) is 0 Å². The Bertz CT molecular complexity index is 585. The van der Waals surface area contributed by atoms with E-state index in [0.29, 0.717) is 0 Å². The van der Waals surface area contributed by atoms with Crippen molar-refractivity contribution >= 4 is 10.9 Å². The Morgan fingerprint density at radius 1 is 1.33 bits per heavy atom. The van der Waals surface area contributed by atoms with Crippen molar-refractivity contribution in [2.75, 3.05) is 0 Å². The van der Waals surface area contributed by atoms with Crippen LogP contribution in [0.4, 0.5) is 0 Å². The summed E-state index contributed by atoms with van der Waals surface area (Å²) in [6.45, 7) is 1.86. The number of nitrogens with zero attached hydrogens (tertiary/aromatic N) is 1. The van der Waals surface area contributed by atoms with Gasteiger partial charge in [0, 0.05) is 31.7 Å². The second kappa shape index (κ2) is 4.88. The molecule has 1 N–H and O–H groups in total. The van der Waals surface area contributed by atoms with E-state index in [-0.39, 0.29) is 0 Å². The van der Waals surface area contributed by atoms with Crippen molar-refractivity contribution in [1.82, 2.24) is 9.88 Å². The third-order valence-corrected chi connectivity index (χ3v) is 3.53. The molecule has 0 saturated heterocycles. The Morgan fingerprint density at radius 3 is 3.00 bits per heavy atom. The molecule has 0 amide bonds. The van der Waals surface area contributed by atoms with Crippen LogP contribution in [0.1, 0.15) is 24.8 Å². The van der Waals surface area contributed by atoms with Crippen molar-refractivity contribution < 1.29 is 0 Å². The molecular weight excluding hydrogens is 220 g/mol. The predicted molar refractivity (Wildman–Crippen MR) is 75.2 cm³/mol. The van der Waals surface area contributed by atoms with Crippen LogP contribution >= 0.6 is 0 Å². The minimum absolute atomic E-state index is 0.745. The van der Waals surface area contributed by atoms with Gasteiger partial charge in [0.2, 0.25) is 0 Å². The molecule has 1 saturated carbocycles. The minimum Gasteiger partial charge on any atom is -0.346 e. The van der Waals surface area contributed by atoms with Crippen molar-refractivity contribution in [2.45, 2.75) is 38.4 Å². The highest BCUT2D eigenvalue weighted by atomic mass is 15.0. The van der Waals surface area contributed by atoms with E-state index in [1.54, 1.807) is 0 Å². The van der Waals surface area contributed by atoms with Crippen molar-refractivity contribution in [3.05, 3.63) is 36.0 Å². The van der Waals surface area contributed by atoms with Gasteiger partial charge >= 0.3 is 0 Å². The summed E-state index contributed by atoms with van der Waals surface area (Å²) < 4.78 is 2.28. The highest BCUT2D eigenvalue weighted by molar-refractivity contribution is 5.83. The monoisotopic (exact) mass is 238 g/mol. The Balaban J connectivity index is 1.90. The maximum Gasteiger partial charge on any atom is 0.0526 e. The molecule has 2 heteroatoms. The highest BCUT2D eigenvalue weighted by Crippen LogP contribution is 2.23. The fourth-order valence-electron chi connectivity index (χ4n) is 2.40. The number of aromatic nitrogens is 1. The molecule has 1 aliphatic carbocycles. The first kappa shape index (κ1) is 11.4. The maximum atomic E-state index is 5.36. The van der Waals surface area contributed by atoms with Crippen LogP contribution in [0.15, 0.2) is 30.5 Å². The van der Waals surface area contributed by atoms with Crippen molar-refractivity contribution in [2.24, 2.45) is 0 Å². The first-order valence-corrected chi connectivity index (χ1v) is 6.62. The molecule has 0 radical (unpaired) electrons. The largest absolute Gasteiger partial charge is 0.346 e. The minimum atomic E-state index is 0.745. The number of hydrogen-bond donors (Lipinski definition) is 1. The zero-order valence-corrected chi connectivity index (χ0v) is 10.5. The molecule has 0 atom stereocenters. The lowest BCUT2D eigenvalue weighted by Gasteiger charge is -2.09. The second-order valence-corrected chi connectivity index (χ2v) is 4.97. The fraction of sp³-hybridized carbons (Fsp3) is 0.375. The Labute approximate surface area is 108 Å². The van der Waals surface area contributed by atoms with E-state index >= 15 is 0 Å². The summed E-state index contributed by atoms with van der Waals surface area (Å²) in [5, 5.41) is 4.89. The summed E-state index contributed by atoms with van der Waals surface area (Å²) in [4.78, 5) is 0. The number of hydrogen-bond acceptors (Lipinski definition) is 1. The van der Waals surface area contributed by atoms with E-state index in [2.05, 4.69) is 46.3 Å². The van der Waals surface area contributed by atoms with Gasteiger partial charge in [0.15, 0.2) is 0 Å². The third kappa shape index (κ3) is 2.27. The van der Waals surface area contributed by atoms with Gasteiger partial charge in [-0.05, 0) is 29.9 Å². The Morgan fingerprint density at radius 2 is 2.22 bits per heavy atom. The van der Waals surface area contributed by atoms with Crippen LogP contribution in [-0.4, -0.2) is 10.6 Å². The van der Waals surface area contributed by atoms with Crippen LogP contribution in [0.5, 0.6) is 0 Å². The van der Waals surface area contributed by atoms with Gasteiger partial charge < -0.3 is 9.88 Å². The lowest BCUT2D eigenvalue weighted by Crippen LogP contribution is -2.16. The number of fused-ring (bicyclic) bond motifs is 1. The molecule has 0 bridgehead atoms. The molecular formula is C16H18N2. The number of para-hydroxylation sites is 1. The van der Waals surface area contributed by atoms with Crippen molar-refractivity contribution in [3.8, 4) is 12.3 Å². The lowest BCUT2D eigenvalue weighted by molar-refractivity contribution is 0.683. The molecule has 92 valence electrons. The molecule has 1 aromatic carbocycles. The molecule has 2 nitrogen and oxygen atoms in total. The maximum absolute atomic E-state index is 5.36. The van der Waals surface area contributed by atoms with Gasteiger partial charge in [-0.1, -0.05) is 18.2 Å². The molecule has 1 heterocycles. The van der Waals surface area contributed by atoms with Crippen LogP contribution in [0.2, 0.25) is 0 Å². The van der Waals surface area contributed by atoms with Crippen LogP contribution in [0.25, 0.3) is 10.9 Å². The topological polar surface area (TPSA) is 17.0 Å². The standard InChI is InChI=1S/C16H18N2/c1-2-3-10-18-11-9-13-5-4-6-14(16(13)18)12-17-15-7-8-15/h1,4-6,9,11,15,17H,3,7-8,10,12H2. The smallest absolute Gasteiger partial charge is 0.0526 e. The lowest BCUT2D eigenvalue weighted by atomic mass is 10.1. The van der Waals surface area contributed by atoms with Crippen molar-refractivity contribution in [1.29, 1.82) is 0 Å². The number of benzene rings is 1. The van der Waals surface area contributed by atoms with Gasteiger partial charge in [0.1, 0.15) is 0 Å². The second-order valence-electron chi connectivity index (χ2n) is 4.97. The summed E-state index contributed by atoms with van der Waals surface area (Å²) in [6.07, 6.45) is 10.9. The average molecular weight is 238 g/mol. The van der Waals surface area contributed by atoms with Crippen LogP contribution < -0.4 is 5.32 Å². The zero-order chi connectivity index (χ0) is 12.4. The van der Waals surface area contributed by atoms with Crippen LogP contribution in [0.3, 0.4) is 0 Å². The van der Waals surface area contributed by atoms with Gasteiger partial charge in [-0.25, -0.2) is 0 Å². The van der Waals surface area contributed by atoms with Gasteiger partial charge in [-0.15, -0.1) is 12.3 Å². The van der Waals surface area contributed by atoms with Gasteiger partial charge in [0.25, 0.3) is 0 Å². The van der Waals surface area contributed by atoms with E-state index in [1.165, 1.54) is 29.3 Å². The van der Waals surface area contributed by atoms with E-state index < -0.39 is 0 Å². The predicted octanol–water partition coefficient (Wildman–Crippen LogP) is 2.92. The average Bonchev–Trinajstić information content (AvgIpc) is 3.13. The molecule has 1 fully saturated rings. The zero-order valence-electron chi connectivity index (χ0n) is 10.5. The summed E-state index contributed by atoms with van der Waals surface area (Å²) in [6, 6.07) is 9.44. The molecule has 3 rings (SSSR count). The van der Waals surface area contributed by atoms with Crippen LogP contribution in [-0.2, 0) is 13.1 Å². The molecule has 0 spiro atoms.